The van der Waals surface area contributed by atoms with Crippen molar-refractivity contribution in [3.63, 3.8) is 0 Å². The minimum Gasteiger partial charge on any atom is -0.493 e. The van der Waals surface area contributed by atoms with E-state index in [2.05, 4.69) is 45.9 Å². The molecule has 0 N–H and O–H groups in total. The molecule has 0 unspecified atom stereocenters. The van der Waals surface area contributed by atoms with Gasteiger partial charge >= 0.3 is 0 Å². The van der Waals surface area contributed by atoms with Crippen LogP contribution in [0.5, 0.6) is 5.75 Å². The molecule has 0 heterocycles. The number of rotatable bonds is 5. The first-order valence-corrected chi connectivity index (χ1v) is 6.54. The molecule has 0 aliphatic carbocycles. The van der Waals surface area contributed by atoms with Crippen LogP contribution in [0.4, 0.5) is 0 Å². The highest BCUT2D eigenvalue weighted by atomic mass is 16.5. The van der Waals surface area contributed by atoms with Crippen LogP contribution in [-0.2, 0) is 10.2 Å². The fraction of sp³-hybridized carbons (Fsp3) is 0.562. The van der Waals surface area contributed by atoms with E-state index in [0.29, 0.717) is 13.0 Å². The Kier molecular flexibility index (Phi) is 4.94. The molecule has 0 aliphatic heterocycles. The molecule has 0 saturated carbocycles. The zero-order chi connectivity index (χ0) is 13.8. The summed E-state index contributed by atoms with van der Waals surface area (Å²) in [6.45, 7) is 10.8. The summed E-state index contributed by atoms with van der Waals surface area (Å²) in [5.41, 5.74) is 2.49. The Morgan fingerprint density at radius 3 is 2.50 bits per heavy atom. The molecule has 0 atom stereocenters. The highest BCUT2D eigenvalue weighted by molar-refractivity contribution is 5.75. The lowest BCUT2D eigenvalue weighted by atomic mass is 9.86. The van der Waals surface area contributed by atoms with E-state index >= 15 is 0 Å². The molecule has 0 radical (unpaired) electrons. The van der Waals surface area contributed by atoms with Crippen molar-refractivity contribution in [2.45, 2.75) is 52.9 Å². The maximum atomic E-state index is 10.9. The van der Waals surface area contributed by atoms with Gasteiger partial charge in [-0.3, -0.25) is 0 Å². The van der Waals surface area contributed by atoms with Gasteiger partial charge in [0.2, 0.25) is 0 Å². The van der Waals surface area contributed by atoms with Gasteiger partial charge in [-0.15, -0.1) is 0 Å². The lowest BCUT2D eigenvalue weighted by Crippen LogP contribution is -2.14. The van der Waals surface area contributed by atoms with Crippen LogP contribution in [0, 0.1) is 6.92 Å². The van der Waals surface area contributed by atoms with Gasteiger partial charge in [0, 0.05) is 6.42 Å². The van der Waals surface area contributed by atoms with E-state index < -0.39 is 0 Å². The SMILES string of the molecule is CC(=O)CCCOc1cc(C)ccc1C(C)(C)C. The Balaban J connectivity index is 2.74. The van der Waals surface area contributed by atoms with Crippen LogP contribution in [0.25, 0.3) is 0 Å². The van der Waals surface area contributed by atoms with Gasteiger partial charge < -0.3 is 9.53 Å². The average molecular weight is 248 g/mol. The van der Waals surface area contributed by atoms with Crippen molar-refractivity contribution in [1.29, 1.82) is 0 Å². The van der Waals surface area contributed by atoms with Gasteiger partial charge in [-0.25, -0.2) is 0 Å². The van der Waals surface area contributed by atoms with Crippen LogP contribution >= 0.6 is 0 Å². The van der Waals surface area contributed by atoms with E-state index in [4.69, 9.17) is 4.74 Å². The number of ketones is 1. The Labute approximate surface area is 110 Å². The highest BCUT2D eigenvalue weighted by Gasteiger charge is 2.18. The molecule has 18 heavy (non-hydrogen) atoms. The van der Waals surface area contributed by atoms with Crippen LogP contribution in [0.2, 0.25) is 0 Å². The molecule has 0 amide bonds. The van der Waals surface area contributed by atoms with E-state index in [1.54, 1.807) is 6.92 Å². The zero-order valence-corrected chi connectivity index (χ0v) is 12.2. The van der Waals surface area contributed by atoms with E-state index in [-0.39, 0.29) is 11.2 Å². The van der Waals surface area contributed by atoms with Gasteiger partial charge in [0.25, 0.3) is 0 Å². The molecular formula is C16H24O2. The predicted octanol–water partition coefficient (Wildman–Crippen LogP) is 4.04. The minimum absolute atomic E-state index is 0.0730. The molecule has 0 fully saturated rings. The monoisotopic (exact) mass is 248 g/mol. The lowest BCUT2D eigenvalue weighted by molar-refractivity contribution is -0.117. The predicted molar refractivity (Wildman–Crippen MR) is 75.3 cm³/mol. The Bertz CT molecular complexity index is 414. The summed E-state index contributed by atoms with van der Waals surface area (Å²) in [4.78, 5) is 10.9. The lowest BCUT2D eigenvalue weighted by Gasteiger charge is -2.23. The third kappa shape index (κ3) is 4.52. The number of carbonyl (C=O) groups is 1. The number of ether oxygens (including phenoxy) is 1. The second-order valence-electron chi connectivity index (χ2n) is 5.90. The minimum atomic E-state index is 0.0730. The zero-order valence-electron chi connectivity index (χ0n) is 12.2. The van der Waals surface area contributed by atoms with Gasteiger partial charge in [0.1, 0.15) is 11.5 Å². The number of carbonyl (C=O) groups excluding carboxylic acids is 1. The molecule has 1 aromatic carbocycles. The van der Waals surface area contributed by atoms with Gasteiger partial charge in [-0.2, -0.15) is 0 Å². The van der Waals surface area contributed by atoms with Crippen molar-refractivity contribution >= 4 is 5.78 Å². The van der Waals surface area contributed by atoms with Crippen molar-refractivity contribution in [3.8, 4) is 5.75 Å². The maximum absolute atomic E-state index is 10.9. The van der Waals surface area contributed by atoms with Crippen molar-refractivity contribution in [2.24, 2.45) is 0 Å². The molecule has 0 bridgehead atoms. The third-order valence-corrected chi connectivity index (χ3v) is 2.88. The Hall–Kier alpha value is -1.31. The van der Waals surface area contributed by atoms with Crippen LogP contribution < -0.4 is 4.74 Å². The first-order valence-electron chi connectivity index (χ1n) is 6.54. The standard InChI is InChI=1S/C16H24O2/c1-12-8-9-14(16(3,4)5)15(11-12)18-10-6-7-13(2)17/h8-9,11H,6-7,10H2,1-5H3. The van der Waals surface area contributed by atoms with Crippen molar-refractivity contribution in [2.75, 3.05) is 6.61 Å². The second-order valence-corrected chi connectivity index (χ2v) is 5.90. The molecule has 2 nitrogen and oxygen atoms in total. The fourth-order valence-corrected chi connectivity index (χ4v) is 1.87. The van der Waals surface area contributed by atoms with E-state index in [0.717, 1.165) is 12.2 Å². The van der Waals surface area contributed by atoms with Gasteiger partial charge in [0.05, 0.1) is 6.61 Å². The Morgan fingerprint density at radius 1 is 1.28 bits per heavy atom. The summed E-state index contributed by atoms with van der Waals surface area (Å²) < 4.78 is 5.84. The number of aryl methyl sites for hydroxylation is 1. The molecule has 1 aromatic rings. The summed E-state index contributed by atoms with van der Waals surface area (Å²) >= 11 is 0. The maximum Gasteiger partial charge on any atom is 0.129 e. The van der Waals surface area contributed by atoms with Crippen LogP contribution in [0.1, 0.15) is 51.7 Å². The molecule has 1 rings (SSSR count). The molecule has 0 spiro atoms. The first-order chi connectivity index (χ1) is 8.30. The molecule has 0 aromatic heterocycles. The van der Waals surface area contributed by atoms with Crippen molar-refractivity contribution < 1.29 is 9.53 Å². The smallest absolute Gasteiger partial charge is 0.129 e. The molecule has 0 aliphatic rings. The van der Waals surface area contributed by atoms with Crippen LogP contribution in [0.15, 0.2) is 18.2 Å². The van der Waals surface area contributed by atoms with Gasteiger partial charge in [0.15, 0.2) is 0 Å². The third-order valence-electron chi connectivity index (χ3n) is 2.88. The van der Waals surface area contributed by atoms with Crippen LogP contribution in [-0.4, -0.2) is 12.4 Å². The summed E-state index contributed by atoms with van der Waals surface area (Å²) in [5, 5.41) is 0. The molecular weight excluding hydrogens is 224 g/mol. The summed E-state index contributed by atoms with van der Waals surface area (Å²) in [7, 11) is 0. The van der Waals surface area contributed by atoms with Crippen molar-refractivity contribution in [1.82, 2.24) is 0 Å². The summed E-state index contributed by atoms with van der Waals surface area (Å²) in [6.07, 6.45) is 1.38. The number of Topliss-reactive ketones (excluding diaryl/α,β-unsaturated/α-hetero) is 1. The largest absolute Gasteiger partial charge is 0.493 e. The van der Waals surface area contributed by atoms with E-state index in [1.807, 2.05) is 0 Å². The van der Waals surface area contributed by atoms with Gasteiger partial charge in [-0.1, -0.05) is 32.9 Å². The van der Waals surface area contributed by atoms with Gasteiger partial charge in [-0.05, 0) is 42.9 Å². The van der Waals surface area contributed by atoms with E-state index in [1.165, 1.54) is 11.1 Å². The van der Waals surface area contributed by atoms with E-state index in [9.17, 15) is 4.79 Å². The fourth-order valence-electron chi connectivity index (χ4n) is 1.87. The molecule has 100 valence electrons. The van der Waals surface area contributed by atoms with Crippen molar-refractivity contribution in [3.05, 3.63) is 29.3 Å². The Morgan fingerprint density at radius 2 is 1.94 bits per heavy atom. The highest BCUT2D eigenvalue weighted by Crippen LogP contribution is 2.32. The number of hydrogen-bond acceptors (Lipinski definition) is 2. The first kappa shape index (κ1) is 14.7. The summed E-state index contributed by atoms with van der Waals surface area (Å²) in [5.74, 6) is 1.17. The van der Waals surface area contributed by atoms with Crippen LogP contribution in [0.3, 0.4) is 0 Å². The second kappa shape index (κ2) is 6.03. The topological polar surface area (TPSA) is 26.3 Å². The molecule has 0 saturated heterocycles. The normalized spacial score (nSPS) is 11.4. The summed E-state index contributed by atoms with van der Waals surface area (Å²) in [6, 6.07) is 6.33. The quantitative estimate of drug-likeness (QED) is 0.735. The molecule has 2 heteroatoms. The average Bonchev–Trinajstić information content (AvgIpc) is 2.22. The number of hydrogen-bond donors (Lipinski definition) is 0. The number of benzene rings is 1.